The molecular formula is C10H17I. The third-order valence-corrected chi connectivity index (χ3v) is 3.80. The predicted molar refractivity (Wildman–Crippen MR) is 59.2 cm³/mol. The van der Waals surface area contributed by atoms with Gasteiger partial charge in [0.25, 0.3) is 0 Å². The SMILES string of the molecule is CC1=C(C)C(C)(C)CC(I)C1. The van der Waals surface area contributed by atoms with Crippen LogP contribution < -0.4 is 0 Å². The molecule has 0 radical (unpaired) electrons. The second-order valence-corrected chi connectivity index (χ2v) is 6.06. The van der Waals surface area contributed by atoms with Crippen molar-refractivity contribution in [3.63, 3.8) is 0 Å². The molecule has 0 aromatic carbocycles. The van der Waals surface area contributed by atoms with Gasteiger partial charge in [0, 0.05) is 3.92 Å². The molecule has 0 amide bonds. The zero-order valence-corrected chi connectivity index (χ0v) is 10.0. The minimum atomic E-state index is 0.453. The van der Waals surface area contributed by atoms with Crippen molar-refractivity contribution in [2.75, 3.05) is 0 Å². The fourth-order valence-corrected chi connectivity index (χ4v) is 3.60. The molecule has 1 aliphatic rings. The summed E-state index contributed by atoms with van der Waals surface area (Å²) in [5.41, 5.74) is 3.68. The number of rotatable bonds is 0. The van der Waals surface area contributed by atoms with E-state index in [4.69, 9.17) is 0 Å². The van der Waals surface area contributed by atoms with Gasteiger partial charge in [0.1, 0.15) is 0 Å². The van der Waals surface area contributed by atoms with Crippen molar-refractivity contribution in [1.82, 2.24) is 0 Å². The van der Waals surface area contributed by atoms with Crippen LogP contribution in [0.3, 0.4) is 0 Å². The first-order valence-corrected chi connectivity index (χ1v) is 5.49. The van der Waals surface area contributed by atoms with Gasteiger partial charge in [-0.1, -0.05) is 47.6 Å². The molecule has 0 fully saturated rings. The van der Waals surface area contributed by atoms with E-state index in [1.165, 1.54) is 12.8 Å². The van der Waals surface area contributed by atoms with Gasteiger partial charge in [-0.15, -0.1) is 0 Å². The summed E-state index contributed by atoms with van der Waals surface area (Å²) in [6, 6.07) is 0. The average Bonchev–Trinajstić information content (AvgIpc) is 1.81. The maximum Gasteiger partial charge on any atom is 0.0155 e. The van der Waals surface area contributed by atoms with Crippen LogP contribution in [0.4, 0.5) is 0 Å². The highest BCUT2D eigenvalue weighted by Gasteiger charge is 2.29. The standard InChI is InChI=1S/C10H17I/c1-7-5-9(11)6-10(3,4)8(7)2/h9H,5-6H2,1-4H3. The molecule has 0 nitrogen and oxygen atoms in total. The van der Waals surface area contributed by atoms with E-state index in [0.717, 1.165) is 3.92 Å². The number of hydrogen-bond acceptors (Lipinski definition) is 0. The summed E-state index contributed by atoms with van der Waals surface area (Å²) < 4.78 is 0.853. The number of allylic oxidation sites excluding steroid dienone is 2. The highest BCUT2D eigenvalue weighted by atomic mass is 127. The topological polar surface area (TPSA) is 0 Å². The Balaban J connectivity index is 2.93. The van der Waals surface area contributed by atoms with E-state index < -0.39 is 0 Å². The monoisotopic (exact) mass is 264 g/mol. The zero-order chi connectivity index (χ0) is 8.65. The van der Waals surface area contributed by atoms with E-state index >= 15 is 0 Å². The van der Waals surface area contributed by atoms with E-state index in [-0.39, 0.29) is 0 Å². The van der Waals surface area contributed by atoms with Crippen LogP contribution in [-0.2, 0) is 0 Å². The van der Waals surface area contributed by atoms with Crippen LogP contribution in [0.15, 0.2) is 11.1 Å². The van der Waals surface area contributed by atoms with Crippen molar-refractivity contribution >= 4 is 22.6 Å². The van der Waals surface area contributed by atoms with Gasteiger partial charge in [-0.3, -0.25) is 0 Å². The Labute approximate surface area is 83.6 Å². The van der Waals surface area contributed by atoms with Gasteiger partial charge in [0.05, 0.1) is 0 Å². The van der Waals surface area contributed by atoms with E-state index in [1.54, 1.807) is 11.1 Å². The van der Waals surface area contributed by atoms with E-state index in [1.807, 2.05) is 0 Å². The second kappa shape index (κ2) is 3.08. The average molecular weight is 264 g/mol. The minimum Gasteiger partial charge on any atom is -0.0822 e. The lowest BCUT2D eigenvalue weighted by Crippen LogP contribution is -2.24. The van der Waals surface area contributed by atoms with Crippen LogP contribution >= 0.6 is 22.6 Å². The van der Waals surface area contributed by atoms with Crippen LogP contribution in [0.2, 0.25) is 0 Å². The van der Waals surface area contributed by atoms with Crippen LogP contribution in [0.1, 0.15) is 40.5 Å². The third kappa shape index (κ3) is 1.98. The molecule has 0 N–H and O–H groups in total. The Hall–Kier alpha value is 0.470. The molecule has 64 valence electrons. The number of alkyl halides is 1. The Morgan fingerprint density at radius 1 is 1.36 bits per heavy atom. The predicted octanol–water partition coefficient (Wildman–Crippen LogP) is 3.95. The zero-order valence-electron chi connectivity index (χ0n) is 7.87. The smallest absolute Gasteiger partial charge is 0.0155 e. The maximum absolute atomic E-state index is 2.57. The van der Waals surface area contributed by atoms with Crippen molar-refractivity contribution in [3.05, 3.63) is 11.1 Å². The molecule has 11 heavy (non-hydrogen) atoms. The van der Waals surface area contributed by atoms with Crippen molar-refractivity contribution in [1.29, 1.82) is 0 Å². The Morgan fingerprint density at radius 3 is 2.36 bits per heavy atom. The van der Waals surface area contributed by atoms with Gasteiger partial charge in [0.2, 0.25) is 0 Å². The van der Waals surface area contributed by atoms with E-state index in [0.29, 0.717) is 5.41 Å². The molecule has 0 heterocycles. The van der Waals surface area contributed by atoms with Crippen molar-refractivity contribution in [2.45, 2.75) is 44.5 Å². The minimum absolute atomic E-state index is 0.453. The number of hydrogen-bond donors (Lipinski definition) is 0. The lowest BCUT2D eigenvalue weighted by Gasteiger charge is -2.35. The first-order chi connectivity index (χ1) is 4.93. The second-order valence-electron chi connectivity index (χ2n) is 4.29. The molecule has 0 aromatic rings. The normalized spacial score (nSPS) is 30.8. The maximum atomic E-state index is 2.57. The van der Waals surface area contributed by atoms with Crippen LogP contribution in [0, 0.1) is 5.41 Å². The van der Waals surface area contributed by atoms with Crippen LogP contribution in [0.25, 0.3) is 0 Å². The van der Waals surface area contributed by atoms with Crippen LogP contribution in [-0.4, -0.2) is 3.92 Å². The third-order valence-electron chi connectivity index (χ3n) is 2.91. The molecule has 1 atom stereocenters. The highest BCUT2D eigenvalue weighted by Crippen LogP contribution is 2.42. The molecule has 1 heteroatoms. The Morgan fingerprint density at radius 2 is 1.91 bits per heavy atom. The summed E-state index contributed by atoms with van der Waals surface area (Å²) >= 11 is 2.57. The molecule has 0 saturated carbocycles. The number of halogens is 1. The molecule has 0 bridgehead atoms. The molecule has 1 unspecified atom stereocenters. The molecule has 0 saturated heterocycles. The van der Waals surface area contributed by atoms with Crippen LogP contribution in [0.5, 0.6) is 0 Å². The van der Waals surface area contributed by atoms with Gasteiger partial charge in [0.15, 0.2) is 0 Å². The van der Waals surface area contributed by atoms with E-state index in [2.05, 4.69) is 50.3 Å². The van der Waals surface area contributed by atoms with Gasteiger partial charge < -0.3 is 0 Å². The van der Waals surface area contributed by atoms with Gasteiger partial charge in [-0.05, 0) is 32.1 Å². The highest BCUT2D eigenvalue weighted by molar-refractivity contribution is 14.1. The molecule has 0 spiro atoms. The van der Waals surface area contributed by atoms with E-state index in [9.17, 15) is 0 Å². The lowest BCUT2D eigenvalue weighted by atomic mass is 9.74. The van der Waals surface area contributed by atoms with Crippen molar-refractivity contribution in [3.8, 4) is 0 Å². The van der Waals surface area contributed by atoms with Crippen molar-refractivity contribution < 1.29 is 0 Å². The van der Waals surface area contributed by atoms with Gasteiger partial charge in [-0.25, -0.2) is 0 Å². The Bertz CT molecular complexity index is 189. The molecular weight excluding hydrogens is 247 g/mol. The summed E-state index contributed by atoms with van der Waals surface area (Å²) in [5, 5.41) is 0. The lowest BCUT2D eigenvalue weighted by molar-refractivity contribution is 0.380. The first-order valence-electron chi connectivity index (χ1n) is 4.24. The van der Waals surface area contributed by atoms with Gasteiger partial charge >= 0.3 is 0 Å². The summed E-state index contributed by atoms with van der Waals surface area (Å²) in [7, 11) is 0. The summed E-state index contributed by atoms with van der Waals surface area (Å²) in [6.45, 7) is 9.28. The quantitative estimate of drug-likeness (QED) is 0.353. The molecule has 0 aliphatic heterocycles. The Kier molecular flexibility index (Phi) is 2.67. The fourth-order valence-electron chi connectivity index (χ4n) is 1.84. The summed E-state index contributed by atoms with van der Waals surface area (Å²) in [4.78, 5) is 0. The molecule has 1 rings (SSSR count). The van der Waals surface area contributed by atoms with Gasteiger partial charge in [-0.2, -0.15) is 0 Å². The van der Waals surface area contributed by atoms with Crippen molar-refractivity contribution in [2.24, 2.45) is 5.41 Å². The molecule has 0 aromatic heterocycles. The summed E-state index contributed by atoms with van der Waals surface area (Å²) in [5.74, 6) is 0. The first kappa shape index (κ1) is 9.56. The fraction of sp³-hybridized carbons (Fsp3) is 0.800. The largest absolute Gasteiger partial charge is 0.0822 e. The molecule has 1 aliphatic carbocycles. The summed E-state index contributed by atoms with van der Waals surface area (Å²) in [6.07, 6.45) is 2.65.